The minimum atomic E-state index is -0.481. The van der Waals surface area contributed by atoms with Crippen LogP contribution in [0.1, 0.15) is 11.1 Å². The van der Waals surface area contributed by atoms with Crippen LogP contribution in [0.5, 0.6) is 5.75 Å². The molecule has 2 N–H and O–H groups in total. The second-order valence-corrected chi connectivity index (χ2v) is 6.10. The summed E-state index contributed by atoms with van der Waals surface area (Å²) >= 11 is 0. The normalized spacial score (nSPS) is 17.6. The van der Waals surface area contributed by atoms with Crippen molar-refractivity contribution in [2.24, 2.45) is 0 Å². The molecule has 0 aliphatic carbocycles. The summed E-state index contributed by atoms with van der Waals surface area (Å²) in [6, 6.07) is 6.07. The summed E-state index contributed by atoms with van der Waals surface area (Å²) in [5.41, 5.74) is 2.32. The molecular formula is C17H29ClN2O3. The van der Waals surface area contributed by atoms with Gasteiger partial charge in [0.05, 0.1) is 6.61 Å². The first-order chi connectivity index (χ1) is 10.6. The van der Waals surface area contributed by atoms with E-state index in [1.54, 1.807) is 0 Å². The van der Waals surface area contributed by atoms with Crippen molar-refractivity contribution in [2.45, 2.75) is 20.0 Å². The molecule has 1 fully saturated rings. The quantitative estimate of drug-likeness (QED) is 0.775. The summed E-state index contributed by atoms with van der Waals surface area (Å²) in [7, 11) is 0. The van der Waals surface area contributed by atoms with E-state index in [1.165, 1.54) is 5.56 Å². The smallest absolute Gasteiger partial charge is 0.122 e. The van der Waals surface area contributed by atoms with Gasteiger partial charge in [0.25, 0.3) is 0 Å². The highest BCUT2D eigenvalue weighted by Gasteiger charge is 2.19. The van der Waals surface area contributed by atoms with Crippen LogP contribution in [0.3, 0.4) is 0 Å². The molecule has 1 atom stereocenters. The number of ether oxygens (including phenoxy) is 1. The van der Waals surface area contributed by atoms with E-state index >= 15 is 0 Å². The Morgan fingerprint density at radius 3 is 2.39 bits per heavy atom. The van der Waals surface area contributed by atoms with Gasteiger partial charge in [0.15, 0.2) is 0 Å². The lowest BCUT2D eigenvalue weighted by atomic mass is 10.1. The number of aryl methyl sites for hydroxylation is 2. The van der Waals surface area contributed by atoms with E-state index in [0.717, 1.165) is 44.0 Å². The largest absolute Gasteiger partial charge is 0.491 e. The van der Waals surface area contributed by atoms with Gasteiger partial charge in [0.1, 0.15) is 18.5 Å². The molecule has 1 aliphatic heterocycles. The first kappa shape index (κ1) is 20.2. The zero-order valence-electron chi connectivity index (χ0n) is 14.1. The molecule has 23 heavy (non-hydrogen) atoms. The van der Waals surface area contributed by atoms with Crippen LogP contribution in [0.2, 0.25) is 0 Å². The Balaban J connectivity index is 0.00000264. The fourth-order valence-corrected chi connectivity index (χ4v) is 2.83. The molecule has 0 saturated carbocycles. The number of hydrogen-bond donors (Lipinski definition) is 2. The highest BCUT2D eigenvalue weighted by Crippen LogP contribution is 2.18. The Morgan fingerprint density at radius 2 is 1.78 bits per heavy atom. The van der Waals surface area contributed by atoms with Crippen LogP contribution in [0, 0.1) is 13.8 Å². The van der Waals surface area contributed by atoms with Gasteiger partial charge in [-0.05, 0) is 25.5 Å². The van der Waals surface area contributed by atoms with Gasteiger partial charge >= 0.3 is 0 Å². The van der Waals surface area contributed by atoms with Gasteiger partial charge in [-0.1, -0.05) is 17.7 Å². The van der Waals surface area contributed by atoms with E-state index in [4.69, 9.17) is 9.84 Å². The molecule has 1 unspecified atom stereocenters. The van der Waals surface area contributed by atoms with Gasteiger partial charge < -0.3 is 14.9 Å². The summed E-state index contributed by atoms with van der Waals surface area (Å²) < 4.78 is 5.73. The fourth-order valence-electron chi connectivity index (χ4n) is 2.83. The Hall–Kier alpha value is -0.850. The van der Waals surface area contributed by atoms with Crippen molar-refractivity contribution in [1.29, 1.82) is 0 Å². The predicted molar refractivity (Wildman–Crippen MR) is 94.6 cm³/mol. The number of aliphatic hydroxyl groups excluding tert-OH is 2. The molecule has 132 valence electrons. The van der Waals surface area contributed by atoms with Crippen molar-refractivity contribution in [3.8, 4) is 5.75 Å². The third kappa shape index (κ3) is 6.65. The molecular weight excluding hydrogens is 316 g/mol. The molecule has 0 spiro atoms. The molecule has 1 saturated heterocycles. The average molecular weight is 345 g/mol. The molecule has 1 aromatic rings. The highest BCUT2D eigenvalue weighted by molar-refractivity contribution is 5.85. The van der Waals surface area contributed by atoms with Crippen LogP contribution in [-0.4, -0.2) is 78.6 Å². The topological polar surface area (TPSA) is 56.2 Å². The summed E-state index contributed by atoms with van der Waals surface area (Å²) in [4.78, 5) is 4.50. The number of nitrogens with zero attached hydrogens (tertiary/aromatic N) is 2. The minimum absolute atomic E-state index is 0. The lowest BCUT2D eigenvalue weighted by Crippen LogP contribution is -2.49. The first-order valence-corrected chi connectivity index (χ1v) is 8.02. The Bertz CT molecular complexity index is 465. The first-order valence-electron chi connectivity index (χ1n) is 8.02. The second kappa shape index (κ2) is 10.1. The van der Waals surface area contributed by atoms with E-state index in [2.05, 4.69) is 22.8 Å². The van der Waals surface area contributed by atoms with Gasteiger partial charge in [-0.2, -0.15) is 0 Å². The number of aliphatic hydroxyl groups is 2. The van der Waals surface area contributed by atoms with Crippen LogP contribution in [0.25, 0.3) is 0 Å². The van der Waals surface area contributed by atoms with E-state index in [9.17, 15) is 5.11 Å². The molecule has 6 heteroatoms. The third-order valence-electron chi connectivity index (χ3n) is 4.11. The molecule has 5 nitrogen and oxygen atoms in total. The number of halogens is 1. The Kier molecular flexibility index (Phi) is 8.87. The van der Waals surface area contributed by atoms with E-state index in [0.29, 0.717) is 13.2 Å². The van der Waals surface area contributed by atoms with E-state index < -0.39 is 6.10 Å². The number of rotatable bonds is 7. The number of benzene rings is 1. The van der Waals surface area contributed by atoms with Crippen molar-refractivity contribution in [2.75, 3.05) is 52.5 Å². The summed E-state index contributed by atoms with van der Waals surface area (Å²) in [6.07, 6.45) is -0.481. The van der Waals surface area contributed by atoms with Crippen molar-refractivity contribution >= 4 is 12.4 Å². The van der Waals surface area contributed by atoms with Crippen LogP contribution >= 0.6 is 12.4 Å². The Morgan fingerprint density at radius 1 is 1.13 bits per heavy atom. The molecule has 1 aromatic carbocycles. The number of hydrogen-bond acceptors (Lipinski definition) is 5. The SMILES string of the molecule is Cc1ccc(OCC(O)CN2CCN(CCO)CC2)c(C)c1.Cl. The standard InChI is InChI=1S/C17H28N2O3.ClH/c1-14-3-4-17(15(2)11-14)22-13-16(21)12-19-7-5-18(6-8-19)9-10-20;/h3-4,11,16,20-21H,5-10,12-13H2,1-2H3;1H. The van der Waals surface area contributed by atoms with Crippen LogP contribution in [-0.2, 0) is 0 Å². The van der Waals surface area contributed by atoms with E-state index in [-0.39, 0.29) is 19.0 Å². The fraction of sp³-hybridized carbons (Fsp3) is 0.647. The van der Waals surface area contributed by atoms with Gasteiger partial charge in [0.2, 0.25) is 0 Å². The molecule has 0 aromatic heterocycles. The monoisotopic (exact) mass is 344 g/mol. The van der Waals surface area contributed by atoms with Gasteiger partial charge in [-0.25, -0.2) is 0 Å². The lowest BCUT2D eigenvalue weighted by Gasteiger charge is -2.35. The maximum Gasteiger partial charge on any atom is 0.122 e. The highest BCUT2D eigenvalue weighted by atomic mass is 35.5. The lowest BCUT2D eigenvalue weighted by molar-refractivity contribution is 0.0427. The Labute approximate surface area is 145 Å². The van der Waals surface area contributed by atoms with Gasteiger partial charge in [-0.15, -0.1) is 12.4 Å². The molecule has 1 aliphatic rings. The average Bonchev–Trinajstić information content (AvgIpc) is 2.49. The van der Waals surface area contributed by atoms with Crippen molar-refractivity contribution in [1.82, 2.24) is 9.80 Å². The molecule has 1 heterocycles. The minimum Gasteiger partial charge on any atom is -0.491 e. The summed E-state index contributed by atoms with van der Waals surface area (Å²) in [6.45, 7) is 9.76. The predicted octanol–water partition coefficient (Wildman–Crippen LogP) is 1.07. The van der Waals surface area contributed by atoms with Crippen molar-refractivity contribution in [3.05, 3.63) is 29.3 Å². The molecule has 0 amide bonds. The number of piperazine rings is 1. The maximum atomic E-state index is 10.2. The summed E-state index contributed by atoms with van der Waals surface area (Å²) in [5, 5.41) is 19.1. The molecule has 2 rings (SSSR count). The third-order valence-corrected chi connectivity index (χ3v) is 4.11. The molecule has 0 bridgehead atoms. The summed E-state index contributed by atoms with van der Waals surface area (Å²) in [5.74, 6) is 0.845. The van der Waals surface area contributed by atoms with Crippen molar-refractivity contribution in [3.63, 3.8) is 0 Å². The second-order valence-electron chi connectivity index (χ2n) is 6.10. The van der Waals surface area contributed by atoms with Gasteiger partial charge in [0, 0.05) is 39.3 Å². The van der Waals surface area contributed by atoms with Crippen LogP contribution in [0.15, 0.2) is 18.2 Å². The molecule has 0 radical (unpaired) electrons. The maximum absolute atomic E-state index is 10.2. The van der Waals surface area contributed by atoms with E-state index in [1.807, 2.05) is 19.1 Å². The van der Waals surface area contributed by atoms with Crippen molar-refractivity contribution < 1.29 is 14.9 Å². The zero-order valence-corrected chi connectivity index (χ0v) is 14.9. The zero-order chi connectivity index (χ0) is 15.9. The van der Waals surface area contributed by atoms with Crippen LogP contribution in [0.4, 0.5) is 0 Å². The number of β-amino-alcohol motifs (C(OH)–C–C–N with tert-alkyl or cyclic N) is 2. The van der Waals surface area contributed by atoms with Gasteiger partial charge in [-0.3, -0.25) is 9.80 Å². The van der Waals surface area contributed by atoms with Crippen LogP contribution < -0.4 is 4.74 Å².